The van der Waals surface area contributed by atoms with E-state index in [1.807, 2.05) is 0 Å². The lowest BCUT2D eigenvalue weighted by Gasteiger charge is -2.20. The summed E-state index contributed by atoms with van der Waals surface area (Å²) < 4.78 is 0. The number of aliphatic hydroxyl groups is 2. The number of rotatable bonds is 8. The number of aliphatic hydroxyl groups excluding tert-OH is 2. The number of phenolic OH excluding ortho intramolecular Hbond substituents is 1. The second-order valence-corrected chi connectivity index (χ2v) is 7.19. The molecule has 2 fully saturated rings. The van der Waals surface area contributed by atoms with Gasteiger partial charge in [-0.3, -0.25) is 35.2 Å². The molecular weight excluding hydrogens is 404 g/mol. The third-order valence-electron chi connectivity index (χ3n) is 5.47. The Morgan fingerprint density at radius 3 is 1.63 bits per heavy atom. The molecule has 13 heteroatoms. The third-order valence-corrected chi connectivity index (χ3v) is 5.47. The normalized spacial score (nSPS) is 21.9. The quantitative estimate of drug-likeness (QED) is 0.404. The van der Waals surface area contributed by atoms with Gasteiger partial charge in [0.25, 0.3) is 11.4 Å². The minimum atomic E-state index is -1.21. The van der Waals surface area contributed by atoms with Gasteiger partial charge in [-0.2, -0.15) is 0 Å². The van der Waals surface area contributed by atoms with Crippen LogP contribution >= 0.6 is 0 Å². The number of hydrogen-bond donors (Lipinski definition) is 3. The highest BCUT2D eigenvalue weighted by Gasteiger charge is 2.52. The van der Waals surface area contributed by atoms with Crippen molar-refractivity contribution in [3.8, 4) is 5.75 Å². The van der Waals surface area contributed by atoms with Crippen molar-refractivity contribution in [2.45, 2.75) is 31.7 Å². The summed E-state index contributed by atoms with van der Waals surface area (Å²) >= 11 is 0. The van der Waals surface area contributed by atoms with Gasteiger partial charge in [0, 0.05) is 19.1 Å². The molecule has 13 nitrogen and oxygen atoms in total. The van der Waals surface area contributed by atoms with Crippen molar-refractivity contribution in [1.82, 2.24) is 4.90 Å². The number of hydrogen-bond acceptors (Lipinski definition) is 10. The summed E-state index contributed by atoms with van der Waals surface area (Å²) in [6.45, 7) is 1.91. The Labute approximate surface area is 171 Å². The van der Waals surface area contributed by atoms with Crippen molar-refractivity contribution in [3.05, 3.63) is 42.5 Å². The number of nitro groups is 3. The number of non-ortho nitro benzene ring substituents is 1. The van der Waals surface area contributed by atoms with Crippen LogP contribution in [0.4, 0.5) is 17.1 Å². The maximum Gasteiger partial charge on any atom is 0.324 e. The van der Waals surface area contributed by atoms with Crippen LogP contribution in [-0.2, 0) is 0 Å². The smallest absolute Gasteiger partial charge is 0.324 e. The van der Waals surface area contributed by atoms with Crippen LogP contribution in [0.15, 0.2) is 12.1 Å². The van der Waals surface area contributed by atoms with Gasteiger partial charge in [-0.25, -0.2) is 0 Å². The zero-order chi connectivity index (χ0) is 22.4. The Morgan fingerprint density at radius 1 is 0.867 bits per heavy atom. The van der Waals surface area contributed by atoms with Crippen molar-refractivity contribution in [3.63, 3.8) is 0 Å². The predicted octanol–water partition coefficient (Wildman–Crippen LogP) is 1.58. The van der Waals surface area contributed by atoms with Crippen LogP contribution in [0.1, 0.15) is 25.7 Å². The molecule has 1 unspecified atom stereocenters. The van der Waals surface area contributed by atoms with E-state index in [4.69, 9.17) is 15.3 Å². The van der Waals surface area contributed by atoms with Gasteiger partial charge in [0.15, 0.2) is 0 Å². The molecule has 3 rings (SSSR count). The first kappa shape index (κ1) is 23.4. The fourth-order valence-corrected chi connectivity index (χ4v) is 4.14. The van der Waals surface area contributed by atoms with E-state index in [1.165, 1.54) is 25.7 Å². The van der Waals surface area contributed by atoms with Gasteiger partial charge in [-0.15, -0.1) is 0 Å². The molecule has 0 bridgehead atoms. The van der Waals surface area contributed by atoms with E-state index in [1.54, 1.807) is 0 Å². The van der Waals surface area contributed by atoms with Crippen LogP contribution < -0.4 is 0 Å². The Hall–Kier alpha value is -2.90. The van der Waals surface area contributed by atoms with Crippen LogP contribution in [-0.4, -0.2) is 67.3 Å². The molecule has 2 aliphatic carbocycles. The lowest BCUT2D eigenvalue weighted by Crippen LogP contribution is -2.33. The van der Waals surface area contributed by atoms with Gasteiger partial charge in [-0.1, -0.05) is 12.8 Å². The van der Waals surface area contributed by atoms with Crippen molar-refractivity contribution >= 4 is 17.1 Å². The summed E-state index contributed by atoms with van der Waals surface area (Å²) in [5.41, 5.74) is -3.00. The SMILES string of the molecule is O=[N+]([O-])c1cc([N+](=O)[O-])c(O)c([N+](=O)[O-])c1.OCCN(CCO)C1[C@H]2CCCC[C@@H]12. The molecule has 30 heavy (non-hydrogen) atoms. The zero-order valence-corrected chi connectivity index (χ0v) is 16.1. The average molecular weight is 428 g/mol. The first-order valence-corrected chi connectivity index (χ1v) is 9.48. The largest absolute Gasteiger partial charge is 0.497 e. The first-order valence-electron chi connectivity index (χ1n) is 9.48. The second kappa shape index (κ2) is 10.2. The van der Waals surface area contributed by atoms with Crippen LogP contribution in [0.25, 0.3) is 0 Å². The van der Waals surface area contributed by atoms with E-state index >= 15 is 0 Å². The molecular formula is C17H24N4O9. The van der Waals surface area contributed by atoms with Crippen LogP contribution in [0, 0.1) is 42.2 Å². The maximum absolute atomic E-state index is 10.4. The van der Waals surface area contributed by atoms with Crippen molar-refractivity contribution in [2.24, 2.45) is 11.8 Å². The van der Waals surface area contributed by atoms with Gasteiger partial charge in [0.05, 0.1) is 40.1 Å². The molecule has 0 amide bonds. The molecule has 3 atom stereocenters. The van der Waals surface area contributed by atoms with Crippen LogP contribution in [0.5, 0.6) is 5.75 Å². The molecule has 0 spiro atoms. The van der Waals surface area contributed by atoms with E-state index in [2.05, 4.69) is 4.90 Å². The monoisotopic (exact) mass is 428 g/mol. The number of nitrogens with zero attached hydrogens (tertiary/aromatic N) is 4. The highest BCUT2D eigenvalue weighted by Crippen LogP contribution is 2.52. The highest BCUT2D eigenvalue weighted by atomic mass is 16.6. The number of fused-ring (bicyclic) bond motifs is 1. The maximum atomic E-state index is 10.4. The van der Waals surface area contributed by atoms with E-state index in [0.29, 0.717) is 18.2 Å². The Kier molecular flexibility index (Phi) is 7.97. The van der Waals surface area contributed by atoms with Gasteiger partial charge >= 0.3 is 11.4 Å². The lowest BCUT2D eigenvalue weighted by atomic mass is 10.0. The van der Waals surface area contributed by atoms with E-state index in [0.717, 1.165) is 24.9 Å². The third kappa shape index (κ3) is 5.37. The summed E-state index contributed by atoms with van der Waals surface area (Å²) in [4.78, 5) is 30.0. The topological polar surface area (TPSA) is 193 Å². The zero-order valence-electron chi connectivity index (χ0n) is 16.1. The minimum absolute atomic E-state index is 0.218. The molecule has 166 valence electrons. The molecule has 0 aromatic heterocycles. The standard InChI is InChI=1S/C11H21NO2.C6H3N3O7/c13-7-5-12(6-8-14)11-9-3-1-2-4-10(9)11;10-6-4(8(13)14)1-3(7(11)12)2-5(6)9(15)16/h9-11,13-14H,1-8H2;1-2,10H/t9-,10+,11?;. The molecule has 0 radical (unpaired) electrons. The minimum Gasteiger partial charge on any atom is -0.497 e. The highest BCUT2D eigenvalue weighted by molar-refractivity contribution is 5.64. The fourth-order valence-electron chi connectivity index (χ4n) is 4.14. The van der Waals surface area contributed by atoms with E-state index < -0.39 is 37.6 Å². The van der Waals surface area contributed by atoms with Crippen molar-refractivity contribution in [1.29, 1.82) is 0 Å². The predicted molar refractivity (Wildman–Crippen MR) is 103 cm³/mol. The molecule has 1 aromatic carbocycles. The summed E-state index contributed by atoms with van der Waals surface area (Å²) in [5, 5.41) is 58.1. The Balaban J connectivity index is 0.000000215. The molecule has 0 heterocycles. The molecule has 1 aromatic rings. The van der Waals surface area contributed by atoms with Crippen molar-refractivity contribution < 1.29 is 30.1 Å². The lowest BCUT2D eigenvalue weighted by molar-refractivity contribution is -0.404. The van der Waals surface area contributed by atoms with Crippen molar-refractivity contribution in [2.75, 3.05) is 26.3 Å². The van der Waals surface area contributed by atoms with Gasteiger partial charge < -0.3 is 15.3 Å². The number of aromatic hydroxyl groups is 1. The molecule has 0 aliphatic heterocycles. The molecule has 0 saturated heterocycles. The van der Waals surface area contributed by atoms with Crippen LogP contribution in [0.3, 0.4) is 0 Å². The number of nitro benzene ring substituents is 3. The molecule has 2 saturated carbocycles. The first-order chi connectivity index (χ1) is 14.2. The molecule has 3 N–H and O–H groups in total. The summed E-state index contributed by atoms with van der Waals surface area (Å²) in [6.07, 6.45) is 5.49. The van der Waals surface area contributed by atoms with E-state index in [9.17, 15) is 30.3 Å². The summed E-state index contributed by atoms with van der Waals surface area (Å²) in [6, 6.07) is 1.57. The fraction of sp³-hybridized carbons (Fsp3) is 0.647. The Bertz CT molecular complexity index is 750. The van der Waals surface area contributed by atoms with Gasteiger partial charge in [-0.05, 0) is 24.7 Å². The van der Waals surface area contributed by atoms with Gasteiger partial charge in [0.1, 0.15) is 0 Å². The second-order valence-electron chi connectivity index (χ2n) is 7.19. The Morgan fingerprint density at radius 2 is 1.30 bits per heavy atom. The van der Waals surface area contributed by atoms with Crippen LogP contribution in [0.2, 0.25) is 0 Å². The molecule has 2 aliphatic rings. The summed E-state index contributed by atoms with van der Waals surface area (Å²) in [7, 11) is 0. The number of phenols is 1. The van der Waals surface area contributed by atoms with Gasteiger partial charge in [0.2, 0.25) is 0 Å². The summed E-state index contributed by atoms with van der Waals surface area (Å²) in [5.74, 6) is 0.546. The number of benzene rings is 1. The van der Waals surface area contributed by atoms with E-state index in [-0.39, 0.29) is 13.2 Å². The average Bonchev–Trinajstić information content (AvgIpc) is 3.42.